The van der Waals surface area contributed by atoms with E-state index in [0.717, 1.165) is 10.6 Å². The van der Waals surface area contributed by atoms with Crippen molar-refractivity contribution in [1.82, 2.24) is 10.3 Å². The molecular formula is C14H17N3OS. The van der Waals surface area contributed by atoms with E-state index in [-0.39, 0.29) is 5.91 Å². The Labute approximate surface area is 116 Å². The van der Waals surface area contributed by atoms with Crippen molar-refractivity contribution in [1.29, 1.82) is 0 Å². The van der Waals surface area contributed by atoms with E-state index in [1.165, 1.54) is 4.88 Å². The van der Waals surface area contributed by atoms with Crippen LogP contribution >= 0.6 is 11.3 Å². The Bertz CT molecular complexity index is 592. The fourth-order valence-electron chi connectivity index (χ4n) is 1.78. The van der Waals surface area contributed by atoms with E-state index in [1.807, 2.05) is 13.0 Å². The van der Waals surface area contributed by atoms with E-state index < -0.39 is 0 Å². The van der Waals surface area contributed by atoms with Crippen LogP contribution in [-0.2, 0) is 6.54 Å². The number of hydrogen-bond donors (Lipinski definition) is 2. The highest BCUT2D eigenvalue weighted by Crippen LogP contribution is 2.15. The molecule has 1 amide bonds. The zero-order valence-electron chi connectivity index (χ0n) is 11.3. The monoisotopic (exact) mass is 275 g/mol. The van der Waals surface area contributed by atoms with Gasteiger partial charge in [-0.3, -0.25) is 4.79 Å². The van der Waals surface area contributed by atoms with Gasteiger partial charge in [-0.15, -0.1) is 11.3 Å². The molecule has 0 saturated carbocycles. The van der Waals surface area contributed by atoms with Crippen molar-refractivity contribution < 1.29 is 4.79 Å². The van der Waals surface area contributed by atoms with Crippen LogP contribution in [-0.4, -0.2) is 17.9 Å². The zero-order chi connectivity index (χ0) is 13.8. The van der Waals surface area contributed by atoms with Gasteiger partial charge in [0, 0.05) is 28.1 Å². The largest absolute Gasteiger partial charge is 0.373 e. The number of hydrogen-bond acceptors (Lipinski definition) is 4. The summed E-state index contributed by atoms with van der Waals surface area (Å²) in [6.45, 7) is 4.50. The van der Waals surface area contributed by atoms with Gasteiger partial charge < -0.3 is 10.6 Å². The molecule has 0 fully saturated rings. The number of amides is 1. The lowest BCUT2D eigenvalue weighted by Crippen LogP contribution is -2.22. The minimum Gasteiger partial charge on any atom is -0.373 e. The minimum absolute atomic E-state index is 0.0759. The lowest BCUT2D eigenvalue weighted by atomic mass is 10.2. The van der Waals surface area contributed by atoms with Gasteiger partial charge in [0.05, 0.1) is 6.54 Å². The molecule has 4 nitrogen and oxygen atoms in total. The van der Waals surface area contributed by atoms with Crippen molar-refractivity contribution in [2.75, 3.05) is 12.4 Å². The second-order valence-electron chi connectivity index (χ2n) is 4.33. The highest BCUT2D eigenvalue weighted by molar-refractivity contribution is 7.11. The van der Waals surface area contributed by atoms with E-state index in [9.17, 15) is 4.79 Å². The summed E-state index contributed by atoms with van der Waals surface area (Å²) in [5.41, 5.74) is 1.45. The van der Waals surface area contributed by atoms with Crippen LogP contribution in [0.3, 0.4) is 0 Å². The molecule has 2 N–H and O–H groups in total. The number of anilines is 1. The average Bonchev–Trinajstić information content (AvgIpc) is 2.81. The third-order valence-corrected chi connectivity index (χ3v) is 3.69. The Morgan fingerprint density at radius 1 is 1.32 bits per heavy atom. The Kier molecular flexibility index (Phi) is 4.16. The molecule has 100 valence electrons. The maximum absolute atomic E-state index is 12.1. The van der Waals surface area contributed by atoms with Crippen LogP contribution in [0.2, 0.25) is 0 Å². The molecule has 0 aliphatic rings. The third-order valence-electron chi connectivity index (χ3n) is 2.69. The molecule has 0 aliphatic heterocycles. The molecular weight excluding hydrogens is 258 g/mol. The highest BCUT2D eigenvalue weighted by Gasteiger charge is 2.08. The molecule has 0 saturated heterocycles. The van der Waals surface area contributed by atoms with E-state index >= 15 is 0 Å². The molecule has 0 atom stereocenters. The summed E-state index contributed by atoms with van der Waals surface area (Å²) >= 11 is 1.70. The third kappa shape index (κ3) is 3.54. The number of aryl methyl sites for hydroxylation is 2. The molecule has 0 unspecified atom stereocenters. The van der Waals surface area contributed by atoms with Gasteiger partial charge in [-0.1, -0.05) is 0 Å². The van der Waals surface area contributed by atoms with Crippen molar-refractivity contribution in [2.45, 2.75) is 20.4 Å². The quantitative estimate of drug-likeness (QED) is 0.902. The van der Waals surface area contributed by atoms with E-state index in [1.54, 1.807) is 30.5 Å². The first-order chi connectivity index (χ1) is 9.08. The molecule has 2 aromatic rings. The number of thiophene rings is 1. The summed E-state index contributed by atoms with van der Waals surface area (Å²) in [4.78, 5) is 18.8. The molecule has 0 bridgehead atoms. The van der Waals surface area contributed by atoms with Gasteiger partial charge in [-0.25, -0.2) is 4.98 Å². The summed E-state index contributed by atoms with van der Waals surface area (Å²) in [7, 11) is 1.79. The summed E-state index contributed by atoms with van der Waals surface area (Å²) < 4.78 is 0. The lowest BCUT2D eigenvalue weighted by Gasteiger charge is -2.07. The van der Waals surface area contributed by atoms with Crippen LogP contribution in [0.5, 0.6) is 0 Å². The first-order valence-corrected chi connectivity index (χ1v) is 6.90. The average molecular weight is 275 g/mol. The second kappa shape index (κ2) is 5.84. The van der Waals surface area contributed by atoms with Gasteiger partial charge in [-0.05, 0) is 38.1 Å². The highest BCUT2D eigenvalue weighted by atomic mass is 32.1. The SMILES string of the molecule is CNc1cc(C(=O)NCc2ccc(C)s2)cc(C)n1. The van der Waals surface area contributed by atoms with Crippen LogP contribution in [0.15, 0.2) is 24.3 Å². The first kappa shape index (κ1) is 13.5. The predicted octanol–water partition coefficient (Wildman–Crippen LogP) is 2.73. The number of nitrogens with one attached hydrogen (secondary N) is 2. The standard InChI is InChI=1S/C14H17N3OS/c1-9-6-11(7-13(15-3)17-9)14(18)16-8-12-5-4-10(2)19-12/h4-7H,8H2,1-3H3,(H,15,17)(H,16,18). The normalized spacial score (nSPS) is 10.3. The maximum Gasteiger partial charge on any atom is 0.251 e. The number of carbonyl (C=O) groups excluding carboxylic acids is 1. The van der Waals surface area contributed by atoms with Crippen molar-refractivity contribution >= 4 is 23.1 Å². The van der Waals surface area contributed by atoms with E-state index in [2.05, 4.69) is 28.6 Å². The molecule has 2 rings (SSSR count). The summed E-state index contributed by atoms with van der Waals surface area (Å²) in [6, 6.07) is 7.64. The molecule has 2 aromatic heterocycles. The Hall–Kier alpha value is -1.88. The van der Waals surface area contributed by atoms with Gasteiger partial charge in [0.25, 0.3) is 5.91 Å². The molecule has 0 aliphatic carbocycles. The topological polar surface area (TPSA) is 54.0 Å². The first-order valence-electron chi connectivity index (χ1n) is 6.08. The van der Waals surface area contributed by atoms with Crippen LogP contribution in [0, 0.1) is 13.8 Å². The second-order valence-corrected chi connectivity index (χ2v) is 5.70. The van der Waals surface area contributed by atoms with Gasteiger partial charge >= 0.3 is 0 Å². The lowest BCUT2D eigenvalue weighted by molar-refractivity contribution is 0.0951. The van der Waals surface area contributed by atoms with E-state index in [4.69, 9.17) is 0 Å². The van der Waals surface area contributed by atoms with Crippen LogP contribution in [0.1, 0.15) is 25.8 Å². The Morgan fingerprint density at radius 3 is 2.74 bits per heavy atom. The summed E-state index contributed by atoms with van der Waals surface area (Å²) in [5.74, 6) is 0.630. The van der Waals surface area contributed by atoms with Crippen molar-refractivity contribution in [3.05, 3.63) is 45.3 Å². The molecule has 5 heteroatoms. The number of rotatable bonds is 4. The van der Waals surface area contributed by atoms with Gasteiger partial charge in [0.1, 0.15) is 5.82 Å². The number of aromatic nitrogens is 1. The zero-order valence-corrected chi connectivity index (χ0v) is 12.1. The summed E-state index contributed by atoms with van der Waals surface area (Å²) in [5, 5.41) is 5.87. The van der Waals surface area contributed by atoms with Crippen LogP contribution < -0.4 is 10.6 Å². The van der Waals surface area contributed by atoms with Crippen molar-refractivity contribution in [3.8, 4) is 0 Å². The predicted molar refractivity (Wildman–Crippen MR) is 78.7 cm³/mol. The molecule has 0 aromatic carbocycles. The number of nitrogens with zero attached hydrogens (tertiary/aromatic N) is 1. The minimum atomic E-state index is -0.0759. The number of pyridine rings is 1. The fraction of sp³-hybridized carbons (Fsp3) is 0.286. The number of carbonyl (C=O) groups is 1. The van der Waals surface area contributed by atoms with E-state index in [0.29, 0.717) is 17.9 Å². The van der Waals surface area contributed by atoms with Gasteiger partial charge in [0.15, 0.2) is 0 Å². The van der Waals surface area contributed by atoms with Crippen LogP contribution in [0.25, 0.3) is 0 Å². The Morgan fingerprint density at radius 2 is 2.11 bits per heavy atom. The Balaban J connectivity index is 2.05. The fourth-order valence-corrected chi connectivity index (χ4v) is 2.61. The van der Waals surface area contributed by atoms with Crippen molar-refractivity contribution in [3.63, 3.8) is 0 Å². The maximum atomic E-state index is 12.1. The van der Waals surface area contributed by atoms with Crippen LogP contribution in [0.4, 0.5) is 5.82 Å². The summed E-state index contributed by atoms with van der Waals surface area (Å²) in [6.07, 6.45) is 0. The van der Waals surface area contributed by atoms with Gasteiger partial charge in [0.2, 0.25) is 0 Å². The van der Waals surface area contributed by atoms with Crippen molar-refractivity contribution in [2.24, 2.45) is 0 Å². The molecule has 0 spiro atoms. The molecule has 0 radical (unpaired) electrons. The molecule has 19 heavy (non-hydrogen) atoms. The smallest absolute Gasteiger partial charge is 0.251 e. The molecule has 2 heterocycles. The van der Waals surface area contributed by atoms with Gasteiger partial charge in [-0.2, -0.15) is 0 Å².